The molecule has 1 atom stereocenters. The molecule has 0 radical (unpaired) electrons. The van der Waals surface area contributed by atoms with Crippen molar-refractivity contribution in [3.8, 4) is 0 Å². The fourth-order valence-corrected chi connectivity index (χ4v) is 1.20. The molecule has 1 unspecified atom stereocenters. The molecular weight excluding hydrogens is 237 g/mol. The molecule has 0 aliphatic heterocycles. The maximum Gasteiger partial charge on any atom is 0.411 e. The number of aryl methyl sites for hydroxylation is 1. The zero-order valence-electron chi connectivity index (χ0n) is 9.67. The summed E-state index contributed by atoms with van der Waals surface area (Å²) in [7, 11) is 0. The van der Waals surface area contributed by atoms with Gasteiger partial charge in [0.15, 0.2) is 0 Å². The SMILES string of the molecule is Cc1cnc(C(C)NCCOCC(F)(F)F)o1. The summed E-state index contributed by atoms with van der Waals surface area (Å²) in [4.78, 5) is 4.00. The number of aromatic nitrogens is 1. The maximum absolute atomic E-state index is 11.7. The van der Waals surface area contributed by atoms with Gasteiger partial charge in [-0.1, -0.05) is 0 Å². The topological polar surface area (TPSA) is 47.3 Å². The molecule has 0 aliphatic rings. The van der Waals surface area contributed by atoms with Gasteiger partial charge in [-0.05, 0) is 13.8 Å². The van der Waals surface area contributed by atoms with Crippen molar-refractivity contribution in [3.63, 3.8) is 0 Å². The Morgan fingerprint density at radius 3 is 2.76 bits per heavy atom. The van der Waals surface area contributed by atoms with Crippen LogP contribution in [0.4, 0.5) is 13.2 Å². The lowest BCUT2D eigenvalue weighted by atomic mass is 10.3. The summed E-state index contributed by atoms with van der Waals surface area (Å²) in [6.07, 6.45) is -2.68. The van der Waals surface area contributed by atoms with E-state index in [-0.39, 0.29) is 12.6 Å². The van der Waals surface area contributed by atoms with Crippen LogP contribution in [0, 0.1) is 6.92 Å². The Bertz CT molecular complexity index is 339. The summed E-state index contributed by atoms with van der Waals surface area (Å²) in [5, 5.41) is 2.95. The highest BCUT2D eigenvalue weighted by molar-refractivity contribution is 4.94. The van der Waals surface area contributed by atoms with E-state index < -0.39 is 12.8 Å². The van der Waals surface area contributed by atoms with E-state index in [1.54, 1.807) is 13.1 Å². The Morgan fingerprint density at radius 2 is 2.24 bits per heavy atom. The largest absolute Gasteiger partial charge is 0.444 e. The van der Waals surface area contributed by atoms with Gasteiger partial charge in [-0.15, -0.1) is 0 Å². The highest BCUT2D eigenvalue weighted by Crippen LogP contribution is 2.14. The third-order valence-electron chi connectivity index (χ3n) is 1.97. The first-order chi connectivity index (χ1) is 7.88. The van der Waals surface area contributed by atoms with Crippen LogP contribution < -0.4 is 5.32 Å². The van der Waals surface area contributed by atoms with Crippen LogP contribution in [-0.4, -0.2) is 30.9 Å². The van der Waals surface area contributed by atoms with Gasteiger partial charge in [0.2, 0.25) is 5.89 Å². The van der Waals surface area contributed by atoms with Crippen LogP contribution in [0.2, 0.25) is 0 Å². The van der Waals surface area contributed by atoms with Gasteiger partial charge in [0.05, 0.1) is 18.8 Å². The van der Waals surface area contributed by atoms with Crippen LogP contribution in [0.3, 0.4) is 0 Å². The quantitative estimate of drug-likeness (QED) is 0.788. The van der Waals surface area contributed by atoms with E-state index in [0.29, 0.717) is 18.2 Å². The van der Waals surface area contributed by atoms with Gasteiger partial charge in [0, 0.05) is 6.54 Å². The molecule has 0 saturated heterocycles. The Hall–Kier alpha value is -1.08. The minimum Gasteiger partial charge on any atom is -0.444 e. The van der Waals surface area contributed by atoms with Gasteiger partial charge in [-0.2, -0.15) is 13.2 Å². The third-order valence-corrected chi connectivity index (χ3v) is 1.97. The molecule has 17 heavy (non-hydrogen) atoms. The number of rotatable bonds is 6. The maximum atomic E-state index is 11.7. The Balaban J connectivity index is 2.15. The van der Waals surface area contributed by atoms with Crippen molar-refractivity contribution in [1.82, 2.24) is 10.3 Å². The van der Waals surface area contributed by atoms with Crippen molar-refractivity contribution in [2.24, 2.45) is 0 Å². The van der Waals surface area contributed by atoms with Gasteiger partial charge in [0.1, 0.15) is 12.4 Å². The van der Waals surface area contributed by atoms with Gasteiger partial charge < -0.3 is 14.5 Å². The number of ether oxygens (including phenoxy) is 1. The van der Waals surface area contributed by atoms with Crippen LogP contribution in [0.15, 0.2) is 10.6 Å². The number of hydrogen-bond donors (Lipinski definition) is 1. The fraction of sp³-hybridized carbons (Fsp3) is 0.700. The summed E-state index contributed by atoms with van der Waals surface area (Å²) < 4.78 is 44.9. The zero-order valence-corrected chi connectivity index (χ0v) is 9.67. The van der Waals surface area contributed by atoms with Crippen molar-refractivity contribution < 1.29 is 22.3 Å². The Kier molecular flexibility index (Phi) is 4.95. The van der Waals surface area contributed by atoms with Crippen LogP contribution >= 0.6 is 0 Å². The van der Waals surface area contributed by atoms with Crippen LogP contribution in [0.5, 0.6) is 0 Å². The molecule has 1 heterocycles. The van der Waals surface area contributed by atoms with Gasteiger partial charge in [0.25, 0.3) is 0 Å². The number of oxazole rings is 1. The summed E-state index contributed by atoms with van der Waals surface area (Å²) in [5.74, 6) is 1.21. The molecule has 0 fully saturated rings. The van der Waals surface area contributed by atoms with Crippen molar-refractivity contribution in [3.05, 3.63) is 17.8 Å². The number of halogens is 3. The molecule has 1 N–H and O–H groups in total. The molecule has 7 heteroatoms. The highest BCUT2D eigenvalue weighted by Gasteiger charge is 2.27. The number of nitrogens with zero attached hydrogens (tertiary/aromatic N) is 1. The monoisotopic (exact) mass is 252 g/mol. The van der Waals surface area contributed by atoms with Crippen LogP contribution in [0.1, 0.15) is 24.6 Å². The highest BCUT2D eigenvalue weighted by atomic mass is 19.4. The van der Waals surface area contributed by atoms with Crippen LogP contribution in [-0.2, 0) is 4.74 Å². The van der Waals surface area contributed by atoms with Gasteiger partial charge >= 0.3 is 6.18 Å². The summed E-state index contributed by atoms with van der Waals surface area (Å²) >= 11 is 0. The van der Waals surface area contributed by atoms with Gasteiger partial charge in [-0.3, -0.25) is 0 Å². The van der Waals surface area contributed by atoms with Gasteiger partial charge in [-0.25, -0.2) is 4.98 Å². The minimum absolute atomic E-state index is 0.0104. The fourth-order valence-electron chi connectivity index (χ4n) is 1.20. The second-order valence-corrected chi connectivity index (χ2v) is 3.65. The molecule has 0 saturated carbocycles. The molecule has 1 aromatic rings. The molecule has 0 aromatic carbocycles. The summed E-state index contributed by atoms with van der Waals surface area (Å²) in [5.41, 5.74) is 0. The summed E-state index contributed by atoms with van der Waals surface area (Å²) in [6.45, 7) is 2.66. The number of alkyl halides is 3. The molecule has 0 aliphatic carbocycles. The lowest BCUT2D eigenvalue weighted by Gasteiger charge is -2.11. The van der Waals surface area contributed by atoms with Crippen molar-refractivity contribution in [1.29, 1.82) is 0 Å². The van der Waals surface area contributed by atoms with E-state index in [2.05, 4.69) is 15.0 Å². The molecule has 1 rings (SSSR count). The predicted octanol–water partition coefficient (Wildman–Crippen LogP) is 2.21. The van der Waals surface area contributed by atoms with E-state index in [4.69, 9.17) is 4.42 Å². The van der Waals surface area contributed by atoms with E-state index in [1.807, 2.05) is 6.92 Å². The van der Waals surface area contributed by atoms with E-state index in [0.717, 1.165) is 0 Å². The average Bonchev–Trinajstić information content (AvgIpc) is 2.62. The number of hydrogen-bond acceptors (Lipinski definition) is 4. The second kappa shape index (κ2) is 6.02. The minimum atomic E-state index is -4.27. The van der Waals surface area contributed by atoms with E-state index >= 15 is 0 Å². The first-order valence-corrected chi connectivity index (χ1v) is 5.18. The molecular formula is C10H15F3N2O2. The lowest BCUT2D eigenvalue weighted by molar-refractivity contribution is -0.173. The van der Waals surface area contributed by atoms with Crippen molar-refractivity contribution >= 4 is 0 Å². The first-order valence-electron chi connectivity index (χ1n) is 5.18. The Labute approximate surface area is 97.2 Å². The molecule has 98 valence electrons. The summed E-state index contributed by atoms with van der Waals surface area (Å²) in [6, 6.07) is -0.154. The molecule has 4 nitrogen and oxygen atoms in total. The number of nitrogens with one attached hydrogen (secondary N) is 1. The standard InChI is InChI=1S/C10H15F3N2O2/c1-7-5-15-9(17-7)8(2)14-3-4-16-6-10(11,12)13/h5,8,14H,3-4,6H2,1-2H3. The molecule has 0 spiro atoms. The predicted molar refractivity (Wildman–Crippen MR) is 54.5 cm³/mol. The van der Waals surface area contributed by atoms with E-state index in [9.17, 15) is 13.2 Å². The lowest BCUT2D eigenvalue weighted by Crippen LogP contribution is -2.26. The smallest absolute Gasteiger partial charge is 0.411 e. The molecule has 0 bridgehead atoms. The van der Waals surface area contributed by atoms with Crippen molar-refractivity contribution in [2.75, 3.05) is 19.8 Å². The van der Waals surface area contributed by atoms with Crippen molar-refractivity contribution in [2.45, 2.75) is 26.1 Å². The van der Waals surface area contributed by atoms with Crippen LogP contribution in [0.25, 0.3) is 0 Å². The molecule has 0 amide bonds. The Morgan fingerprint density at radius 1 is 1.53 bits per heavy atom. The molecule has 1 aromatic heterocycles. The van der Waals surface area contributed by atoms with E-state index in [1.165, 1.54) is 0 Å². The average molecular weight is 252 g/mol. The normalized spacial score (nSPS) is 13.9. The second-order valence-electron chi connectivity index (χ2n) is 3.65. The first kappa shape index (κ1) is 14.0. The third kappa shape index (κ3) is 5.69. The zero-order chi connectivity index (χ0) is 12.9.